The second kappa shape index (κ2) is 7.71. The van der Waals surface area contributed by atoms with Crippen molar-refractivity contribution in [2.75, 3.05) is 0 Å². The van der Waals surface area contributed by atoms with Crippen molar-refractivity contribution in [1.82, 2.24) is 29.8 Å². The molecule has 0 amide bonds. The van der Waals surface area contributed by atoms with Crippen LogP contribution in [-0.4, -0.2) is 34.9 Å². The molecule has 2 heterocycles. The molecule has 0 aliphatic heterocycles. The molecule has 30 heavy (non-hydrogen) atoms. The first-order chi connectivity index (χ1) is 14.4. The van der Waals surface area contributed by atoms with E-state index < -0.39 is 29.0 Å². The Bertz CT molecular complexity index is 1160. The number of rotatable bonds is 6. The Morgan fingerprint density at radius 1 is 1.10 bits per heavy atom. The van der Waals surface area contributed by atoms with Crippen molar-refractivity contribution in [3.63, 3.8) is 0 Å². The van der Waals surface area contributed by atoms with Gasteiger partial charge in [0.15, 0.2) is 0 Å². The summed E-state index contributed by atoms with van der Waals surface area (Å²) < 4.78 is 44.3. The monoisotopic (exact) mass is 414 g/mol. The Labute approximate surface area is 169 Å². The number of benzene rings is 2. The molecule has 4 rings (SSSR count). The summed E-state index contributed by atoms with van der Waals surface area (Å²) in [6, 6.07) is 8.73. The highest BCUT2D eigenvalue weighted by molar-refractivity contribution is 5.33. The van der Waals surface area contributed by atoms with Gasteiger partial charge in [0.25, 0.3) is 0 Å². The van der Waals surface area contributed by atoms with Gasteiger partial charge in [-0.1, -0.05) is 24.3 Å². The molecule has 0 aliphatic carbocycles. The van der Waals surface area contributed by atoms with Crippen LogP contribution in [0.4, 0.5) is 13.2 Å². The average Bonchev–Trinajstić information content (AvgIpc) is 3.39. The molecular formula is C20H17F3N6O. The molecule has 2 aromatic carbocycles. The van der Waals surface area contributed by atoms with Gasteiger partial charge in [0.05, 0.1) is 24.1 Å². The van der Waals surface area contributed by atoms with Gasteiger partial charge in [-0.05, 0) is 24.3 Å². The Morgan fingerprint density at radius 3 is 2.60 bits per heavy atom. The third kappa shape index (κ3) is 3.69. The zero-order valence-corrected chi connectivity index (χ0v) is 15.8. The summed E-state index contributed by atoms with van der Waals surface area (Å²) in [5.41, 5.74) is -1.21. The maximum atomic E-state index is 14.6. The normalized spacial score (nSPS) is 14.4. The predicted molar refractivity (Wildman–Crippen MR) is 100 cm³/mol. The average molecular weight is 414 g/mol. The topological polar surface area (TPSA) is 81.6 Å². The van der Waals surface area contributed by atoms with Crippen LogP contribution in [-0.2, 0) is 12.1 Å². The van der Waals surface area contributed by atoms with Crippen molar-refractivity contribution in [3.05, 3.63) is 90.0 Å². The summed E-state index contributed by atoms with van der Waals surface area (Å²) >= 11 is 0. The molecule has 1 N–H and O–H groups in total. The van der Waals surface area contributed by atoms with Crippen LogP contribution >= 0.6 is 0 Å². The summed E-state index contributed by atoms with van der Waals surface area (Å²) in [5.74, 6) is -2.89. The molecule has 0 fully saturated rings. The van der Waals surface area contributed by atoms with E-state index in [-0.39, 0.29) is 12.1 Å². The third-order valence-corrected chi connectivity index (χ3v) is 5.01. The molecule has 10 heteroatoms. The second-order valence-corrected chi connectivity index (χ2v) is 6.93. The van der Waals surface area contributed by atoms with Crippen LogP contribution in [0.3, 0.4) is 0 Å². The lowest BCUT2D eigenvalue weighted by Crippen LogP contribution is -2.38. The molecule has 0 saturated heterocycles. The van der Waals surface area contributed by atoms with Crippen LogP contribution < -0.4 is 0 Å². The molecule has 7 nitrogen and oxygen atoms in total. The maximum absolute atomic E-state index is 14.6. The highest BCUT2D eigenvalue weighted by atomic mass is 19.1. The molecule has 2 unspecified atom stereocenters. The van der Waals surface area contributed by atoms with Gasteiger partial charge in [-0.2, -0.15) is 5.10 Å². The van der Waals surface area contributed by atoms with E-state index in [2.05, 4.69) is 20.4 Å². The molecule has 2 atom stereocenters. The highest BCUT2D eigenvalue weighted by Crippen LogP contribution is 2.39. The smallest absolute Gasteiger partial charge is 0.137 e. The molecule has 0 spiro atoms. The fourth-order valence-corrected chi connectivity index (χ4v) is 3.32. The number of hydrogen-bond acceptors (Lipinski definition) is 5. The Balaban J connectivity index is 1.75. The minimum absolute atomic E-state index is 0.118. The Morgan fingerprint density at radius 2 is 1.90 bits per heavy atom. The van der Waals surface area contributed by atoms with Gasteiger partial charge in [-0.3, -0.25) is 0 Å². The molecular weight excluding hydrogens is 397 g/mol. The second-order valence-electron chi connectivity index (χ2n) is 6.93. The molecule has 0 saturated carbocycles. The fraction of sp³-hybridized carbons (Fsp3) is 0.200. The van der Waals surface area contributed by atoms with Crippen molar-refractivity contribution in [3.8, 4) is 5.69 Å². The molecule has 0 aliphatic rings. The molecule has 4 aromatic rings. The van der Waals surface area contributed by atoms with Crippen molar-refractivity contribution in [2.45, 2.75) is 25.0 Å². The van der Waals surface area contributed by atoms with Gasteiger partial charge in [-0.15, -0.1) is 5.10 Å². The van der Waals surface area contributed by atoms with Crippen LogP contribution in [0.15, 0.2) is 61.3 Å². The Hall–Kier alpha value is -3.53. The predicted octanol–water partition coefficient (Wildman–Crippen LogP) is 2.97. The zero-order valence-electron chi connectivity index (χ0n) is 15.8. The van der Waals surface area contributed by atoms with Crippen molar-refractivity contribution in [1.29, 1.82) is 0 Å². The molecule has 0 bridgehead atoms. The summed E-state index contributed by atoms with van der Waals surface area (Å²) in [7, 11) is 0. The minimum Gasteiger partial charge on any atom is -0.382 e. The summed E-state index contributed by atoms with van der Waals surface area (Å²) in [5, 5.41) is 23.6. The quantitative estimate of drug-likeness (QED) is 0.525. The summed E-state index contributed by atoms with van der Waals surface area (Å²) in [4.78, 5) is 3.84. The first kappa shape index (κ1) is 19.8. The Kier molecular flexibility index (Phi) is 5.08. The van der Waals surface area contributed by atoms with E-state index in [0.717, 1.165) is 6.07 Å². The van der Waals surface area contributed by atoms with E-state index in [1.165, 1.54) is 52.5 Å². The van der Waals surface area contributed by atoms with E-state index in [1.54, 1.807) is 13.0 Å². The van der Waals surface area contributed by atoms with E-state index in [0.29, 0.717) is 17.4 Å². The maximum Gasteiger partial charge on any atom is 0.137 e. The van der Waals surface area contributed by atoms with Gasteiger partial charge < -0.3 is 5.11 Å². The standard InChI is InChI=1S/C20H17F3N6O/c1-13(19-9-29(27-26-19)16-4-2-3-14(21)7-16)20(30,10-28-12-24-11-25-28)17-6-5-15(22)8-18(17)23/h2-9,11-13,30H,10H2,1H3. The number of aliphatic hydroxyl groups is 1. The van der Waals surface area contributed by atoms with Crippen LogP contribution in [0.2, 0.25) is 0 Å². The first-order valence-corrected chi connectivity index (χ1v) is 9.05. The van der Waals surface area contributed by atoms with E-state index in [4.69, 9.17) is 0 Å². The lowest BCUT2D eigenvalue weighted by molar-refractivity contribution is -0.0123. The first-order valence-electron chi connectivity index (χ1n) is 9.05. The number of aromatic nitrogens is 6. The SMILES string of the molecule is CC(c1cn(-c2cccc(F)c2)nn1)C(O)(Cn1cncn1)c1ccc(F)cc1F. The van der Waals surface area contributed by atoms with Gasteiger partial charge in [0.2, 0.25) is 0 Å². The van der Waals surface area contributed by atoms with E-state index >= 15 is 0 Å². The van der Waals surface area contributed by atoms with Crippen LogP contribution in [0.5, 0.6) is 0 Å². The fourth-order valence-electron chi connectivity index (χ4n) is 3.32. The van der Waals surface area contributed by atoms with Gasteiger partial charge in [-0.25, -0.2) is 27.5 Å². The van der Waals surface area contributed by atoms with E-state index in [9.17, 15) is 18.3 Å². The van der Waals surface area contributed by atoms with Gasteiger partial charge >= 0.3 is 0 Å². The number of nitrogens with zero attached hydrogens (tertiary/aromatic N) is 6. The lowest BCUT2D eigenvalue weighted by atomic mass is 9.80. The molecule has 2 aromatic heterocycles. The van der Waals surface area contributed by atoms with Crippen molar-refractivity contribution in [2.24, 2.45) is 0 Å². The largest absolute Gasteiger partial charge is 0.382 e. The highest BCUT2D eigenvalue weighted by Gasteiger charge is 2.41. The van der Waals surface area contributed by atoms with Crippen molar-refractivity contribution >= 4 is 0 Å². The summed E-state index contributed by atoms with van der Waals surface area (Å²) in [6.07, 6.45) is 4.18. The number of hydrogen-bond donors (Lipinski definition) is 1. The lowest BCUT2D eigenvalue weighted by Gasteiger charge is -2.33. The van der Waals surface area contributed by atoms with Crippen molar-refractivity contribution < 1.29 is 18.3 Å². The molecule has 154 valence electrons. The van der Waals surface area contributed by atoms with Gasteiger partial charge in [0, 0.05) is 17.5 Å². The van der Waals surface area contributed by atoms with E-state index in [1.807, 2.05) is 0 Å². The third-order valence-electron chi connectivity index (χ3n) is 5.01. The van der Waals surface area contributed by atoms with Crippen LogP contribution in [0, 0.1) is 17.5 Å². The summed E-state index contributed by atoms with van der Waals surface area (Å²) in [6.45, 7) is 1.48. The number of halogens is 3. The van der Waals surface area contributed by atoms with Crippen LogP contribution in [0.1, 0.15) is 24.1 Å². The zero-order chi connectivity index (χ0) is 21.3. The molecule has 0 radical (unpaired) electrons. The van der Waals surface area contributed by atoms with Crippen LogP contribution in [0.25, 0.3) is 5.69 Å². The van der Waals surface area contributed by atoms with Gasteiger partial charge in [0.1, 0.15) is 35.7 Å². The minimum atomic E-state index is -1.85.